The molecule has 1 heterocycles. The molecule has 15 heavy (non-hydrogen) atoms. The summed E-state index contributed by atoms with van der Waals surface area (Å²) in [5.74, 6) is 0.643. The minimum atomic E-state index is 0.119. The maximum atomic E-state index is 6.00. The van der Waals surface area contributed by atoms with Crippen LogP contribution in [-0.2, 0) is 0 Å². The Hall–Kier alpha value is -1.16. The molecule has 1 fully saturated rings. The zero-order valence-electron chi connectivity index (χ0n) is 9.02. The SMILES string of the molecule is Cc1cc(OC2CCCCC2N)ncn1. The van der Waals surface area contributed by atoms with E-state index in [1.54, 1.807) is 0 Å². The van der Waals surface area contributed by atoms with Gasteiger partial charge >= 0.3 is 0 Å². The lowest BCUT2D eigenvalue weighted by Crippen LogP contribution is -2.41. The van der Waals surface area contributed by atoms with Gasteiger partial charge in [-0.2, -0.15) is 0 Å². The Morgan fingerprint density at radius 3 is 2.87 bits per heavy atom. The first-order valence-electron chi connectivity index (χ1n) is 5.46. The molecule has 1 saturated carbocycles. The van der Waals surface area contributed by atoms with Crippen molar-refractivity contribution in [3.8, 4) is 5.88 Å². The van der Waals surface area contributed by atoms with E-state index >= 15 is 0 Å². The molecule has 0 spiro atoms. The third-order valence-electron chi connectivity index (χ3n) is 2.80. The van der Waals surface area contributed by atoms with Crippen LogP contribution in [0.4, 0.5) is 0 Å². The Bertz CT molecular complexity index is 329. The molecule has 0 radical (unpaired) electrons. The van der Waals surface area contributed by atoms with Gasteiger partial charge in [0, 0.05) is 17.8 Å². The fourth-order valence-corrected chi connectivity index (χ4v) is 1.92. The summed E-state index contributed by atoms with van der Waals surface area (Å²) in [6, 6.07) is 2.00. The number of aryl methyl sites for hydroxylation is 1. The lowest BCUT2D eigenvalue weighted by Gasteiger charge is -2.28. The van der Waals surface area contributed by atoms with Crippen LogP contribution >= 0.6 is 0 Å². The molecule has 2 N–H and O–H groups in total. The Labute approximate surface area is 89.9 Å². The Morgan fingerprint density at radius 2 is 2.13 bits per heavy atom. The van der Waals surface area contributed by atoms with E-state index in [2.05, 4.69) is 9.97 Å². The highest BCUT2D eigenvalue weighted by Gasteiger charge is 2.23. The fraction of sp³-hybridized carbons (Fsp3) is 0.636. The summed E-state index contributed by atoms with van der Waals surface area (Å²) < 4.78 is 5.77. The van der Waals surface area contributed by atoms with Crippen molar-refractivity contribution < 1.29 is 4.74 Å². The van der Waals surface area contributed by atoms with Crippen molar-refractivity contribution in [2.45, 2.75) is 44.8 Å². The fourth-order valence-electron chi connectivity index (χ4n) is 1.92. The van der Waals surface area contributed by atoms with Crippen molar-refractivity contribution in [3.63, 3.8) is 0 Å². The molecule has 0 amide bonds. The van der Waals surface area contributed by atoms with Crippen LogP contribution in [0.15, 0.2) is 12.4 Å². The molecule has 0 aliphatic heterocycles. The molecule has 4 nitrogen and oxygen atoms in total. The number of nitrogens with two attached hydrogens (primary N) is 1. The number of hydrogen-bond donors (Lipinski definition) is 1. The van der Waals surface area contributed by atoms with Gasteiger partial charge in [0.2, 0.25) is 5.88 Å². The van der Waals surface area contributed by atoms with E-state index in [9.17, 15) is 0 Å². The van der Waals surface area contributed by atoms with Crippen molar-refractivity contribution in [1.29, 1.82) is 0 Å². The number of rotatable bonds is 2. The monoisotopic (exact) mass is 207 g/mol. The van der Waals surface area contributed by atoms with Gasteiger partial charge in [-0.05, 0) is 26.2 Å². The third kappa shape index (κ3) is 2.65. The first kappa shape index (κ1) is 10.4. The molecule has 1 aliphatic carbocycles. The lowest BCUT2D eigenvalue weighted by atomic mass is 9.93. The maximum Gasteiger partial charge on any atom is 0.216 e. The topological polar surface area (TPSA) is 61.0 Å². The zero-order chi connectivity index (χ0) is 10.7. The minimum absolute atomic E-state index is 0.119. The highest BCUT2D eigenvalue weighted by molar-refractivity contribution is 5.12. The standard InChI is InChI=1S/C11H17N3O/c1-8-6-11(14-7-13-8)15-10-5-3-2-4-9(10)12/h6-7,9-10H,2-5,12H2,1H3. The number of nitrogens with zero attached hydrogens (tertiary/aromatic N) is 2. The van der Waals surface area contributed by atoms with Gasteiger partial charge in [0.25, 0.3) is 0 Å². The second kappa shape index (κ2) is 4.57. The van der Waals surface area contributed by atoms with Gasteiger partial charge in [-0.1, -0.05) is 6.42 Å². The molecule has 2 rings (SSSR count). The summed E-state index contributed by atoms with van der Waals surface area (Å²) in [6.07, 6.45) is 6.14. The summed E-state index contributed by atoms with van der Waals surface area (Å²) in [7, 11) is 0. The van der Waals surface area contributed by atoms with Crippen LogP contribution in [0.25, 0.3) is 0 Å². The van der Waals surface area contributed by atoms with E-state index in [0.717, 1.165) is 18.5 Å². The smallest absolute Gasteiger partial charge is 0.216 e. The van der Waals surface area contributed by atoms with Gasteiger partial charge in [-0.25, -0.2) is 9.97 Å². The van der Waals surface area contributed by atoms with Crippen LogP contribution in [0, 0.1) is 6.92 Å². The molecule has 0 bridgehead atoms. The van der Waals surface area contributed by atoms with Crippen LogP contribution in [0.1, 0.15) is 31.4 Å². The third-order valence-corrected chi connectivity index (χ3v) is 2.80. The van der Waals surface area contributed by atoms with E-state index in [4.69, 9.17) is 10.5 Å². The van der Waals surface area contributed by atoms with E-state index in [-0.39, 0.29) is 12.1 Å². The molecule has 1 aromatic rings. The number of hydrogen-bond acceptors (Lipinski definition) is 4. The van der Waals surface area contributed by atoms with E-state index in [1.165, 1.54) is 19.2 Å². The van der Waals surface area contributed by atoms with Crippen LogP contribution in [0.2, 0.25) is 0 Å². The lowest BCUT2D eigenvalue weighted by molar-refractivity contribution is 0.126. The molecule has 0 saturated heterocycles. The van der Waals surface area contributed by atoms with Crippen molar-refractivity contribution in [1.82, 2.24) is 9.97 Å². The summed E-state index contributed by atoms with van der Waals surface area (Å²) in [4.78, 5) is 8.11. The van der Waals surface area contributed by atoms with Crippen molar-refractivity contribution >= 4 is 0 Å². The summed E-state index contributed by atoms with van der Waals surface area (Å²) in [5.41, 5.74) is 6.92. The molecule has 1 aromatic heterocycles. The van der Waals surface area contributed by atoms with Gasteiger partial charge < -0.3 is 10.5 Å². The zero-order valence-corrected chi connectivity index (χ0v) is 9.02. The summed E-state index contributed by atoms with van der Waals surface area (Å²) in [5, 5.41) is 0. The highest BCUT2D eigenvalue weighted by atomic mass is 16.5. The highest BCUT2D eigenvalue weighted by Crippen LogP contribution is 2.21. The van der Waals surface area contributed by atoms with Gasteiger partial charge in [-0.3, -0.25) is 0 Å². The number of ether oxygens (including phenoxy) is 1. The second-order valence-corrected chi connectivity index (χ2v) is 4.10. The van der Waals surface area contributed by atoms with Crippen LogP contribution in [0.3, 0.4) is 0 Å². The van der Waals surface area contributed by atoms with Gasteiger partial charge in [0.1, 0.15) is 12.4 Å². The second-order valence-electron chi connectivity index (χ2n) is 4.10. The Kier molecular flexibility index (Phi) is 3.16. The maximum absolute atomic E-state index is 6.00. The Morgan fingerprint density at radius 1 is 1.33 bits per heavy atom. The minimum Gasteiger partial charge on any atom is -0.473 e. The molecule has 1 aliphatic rings. The largest absolute Gasteiger partial charge is 0.473 e. The van der Waals surface area contributed by atoms with Gasteiger partial charge in [0.05, 0.1) is 0 Å². The van der Waals surface area contributed by atoms with Crippen molar-refractivity contribution in [2.75, 3.05) is 0 Å². The Balaban J connectivity index is 2.01. The van der Waals surface area contributed by atoms with Crippen molar-refractivity contribution in [3.05, 3.63) is 18.1 Å². The molecule has 4 heteroatoms. The molecular formula is C11H17N3O. The molecule has 2 atom stereocenters. The summed E-state index contributed by atoms with van der Waals surface area (Å²) in [6.45, 7) is 1.93. The van der Waals surface area contributed by atoms with Crippen LogP contribution in [-0.4, -0.2) is 22.1 Å². The van der Waals surface area contributed by atoms with E-state index in [0.29, 0.717) is 5.88 Å². The average Bonchev–Trinajstić information content (AvgIpc) is 2.22. The van der Waals surface area contributed by atoms with Gasteiger partial charge in [-0.15, -0.1) is 0 Å². The molecule has 0 aromatic carbocycles. The normalized spacial score (nSPS) is 26.3. The quantitative estimate of drug-likeness (QED) is 0.797. The van der Waals surface area contributed by atoms with Gasteiger partial charge in [0.15, 0.2) is 0 Å². The average molecular weight is 207 g/mol. The molecule has 2 unspecified atom stereocenters. The van der Waals surface area contributed by atoms with Crippen LogP contribution < -0.4 is 10.5 Å². The predicted octanol–water partition coefficient (Wildman–Crippen LogP) is 1.43. The molecular weight excluding hydrogens is 190 g/mol. The first-order chi connectivity index (χ1) is 7.25. The van der Waals surface area contributed by atoms with Crippen LogP contribution in [0.5, 0.6) is 5.88 Å². The van der Waals surface area contributed by atoms with E-state index in [1.807, 2.05) is 13.0 Å². The van der Waals surface area contributed by atoms with E-state index < -0.39 is 0 Å². The summed E-state index contributed by atoms with van der Waals surface area (Å²) >= 11 is 0. The molecule has 82 valence electrons. The number of aromatic nitrogens is 2. The first-order valence-corrected chi connectivity index (χ1v) is 5.46. The van der Waals surface area contributed by atoms with Crippen molar-refractivity contribution in [2.24, 2.45) is 5.73 Å². The predicted molar refractivity (Wildman–Crippen MR) is 57.6 cm³/mol.